The van der Waals surface area contributed by atoms with E-state index in [4.69, 9.17) is 0 Å². The molecule has 8 nitrogen and oxygen atoms in total. The smallest absolute Gasteiger partial charge is 0.280 e. The standard InChI is InChI=1S/C19H24N6O2/c1-13-5-6-15(22-12-13)25-14(11-16(26)24(4)10-9-23(2)3)17-18(19(25)27)21-8-7-20-17/h5-8,12,14H,9-11H2,1-4H3/t14-/m1/s1. The molecule has 0 aliphatic carbocycles. The molecule has 142 valence electrons. The molecule has 0 saturated carbocycles. The van der Waals surface area contributed by atoms with Crippen molar-refractivity contribution in [3.05, 3.63) is 47.7 Å². The first-order valence-corrected chi connectivity index (χ1v) is 8.84. The van der Waals surface area contributed by atoms with Crippen molar-refractivity contribution in [3.8, 4) is 0 Å². The lowest BCUT2D eigenvalue weighted by molar-refractivity contribution is -0.130. The van der Waals surface area contributed by atoms with Crippen LogP contribution in [0.1, 0.15) is 34.2 Å². The van der Waals surface area contributed by atoms with Gasteiger partial charge in [0.25, 0.3) is 5.91 Å². The minimum atomic E-state index is -0.509. The molecule has 0 spiro atoms. The van der Waals surface area contributed by atoms with E-state index in [-0.39, 0.29) is 23.9 Å². The van der Waals surface area contributed by atoms with Gasteiger partial charge in [0, 0.05) is 38.7 Å². The van der Waals surface area contributed by atoms with Crippen LogP contribution in [-0.2, 0) is 4.79 Å². The van der Waals surface area contributed by atoms with E-state index in [0.717, 1.165) is 12.1 Å². The number of aromatic nitrogens is 3. The van der Waals surface area contributed by atoms with E-state index in [2.05, 4.69) is 15.0 Å². The van der Waals surface area contributed by atoms with E-state index in [1.165, 1.54) is 11.1 Å². The zero-order chi connectivity index (χ0) is 19.6. The third-order valence-electron chi connectivity index (χ3n) is 4.59. The third-order valence-corrected chi connectivity index (χ3v) is 4.59. The lowest BCUT2D eigenvalue weighted by Crippen LogP contribution is -2.37. The summed E-state index contributed by atoms with van der Waals surface area (Å²) in [6.07, 6.45) is 4.88. The summed E-state index contributed by atoms with van der Waals surface area (Å²) < 4.78 is 0. The van der Waals surface area contributed by atoms with Crippen LogP contribution in [0.15, 0.2) is 30.7 Å². The number of nitrogens with zero attached hydrogens (tertiary/aromatic N) is 6. The maximum atomic E-state index is 12.9. The molecular formula is C19H24N6O2. The summed E-state index contributed by atoms with van der Waals surface area (Å²) in [5, 5.41) is 0. The topological polar surface area (TPSA) is 82.5 Å². The van der Waals surface area contributed by atoms with Gasteiger partial charge in [0.2, 0.25) is 5.91 Å². The molecule has 27 heavy (non-hydrogen) atoms. The highest BCUT2D eigenvalue weighted by atomic mass is 16.2. The number of fused-ring (bicyclic) bond motifs is 1. The summed E-state index contributed by atoms with van der Waals surface area (Å²) in [6, 6.07) is 3.17. The van der Waals surface area contributed by atoms with Crippen LogP contribution in [0.3, 0.4) is 0 Å². The van der Waals surface area contributed by atoms with E-state index in [1.807, 2.05) is 32.0 Å². The molecule has 0 aromatic carbocycles. The van der Waals surface area contributed by atoms with Crippen molar-refractivity contribution in [2.45, 2.75) is 19.4 Å². The summed E-state index contributed by atoms with van der Waals surface area (Å²) in [4.78, 5) is 43.8. The van der Waals surface area contributed by atoms with Crippen LogP contribution >= 0.6 is 0 Å². The maximum absolute atomic E-state index is 12.9. The molecule has 2 amide bonds. The van der Waals surface area contributed by atoms with Crippen molar-refractivity contribution in [2.75, 3.05) is 39.1 Å². The second-order valence-corrected chi connectivity index (χ2v) is 7.00. The second kappa shape index (κ2) is 7.79. The number of carbonyl (C=O) groups is 2. The molecule has 8 heteroatoms. The van der Waals surface area contributed by atoms with Crippen LogP contribution in [0.2, 0.25) is 0 Å². The summed E-state index contributed by atoms with van der Waals surface area (Å²) in [5.41, 5.74) is 1.81. The van der Waals surface area contributed by atoms with Gasteiger partial charge in [-0.25, -0.2) is 9.97 Å². The number of hydrogen-bond acceptors (Lipinski definition) is 6. The van der Waals surface area contributed by atoms with Crippen LogP contribution in [0.5, 0.6) is 0 Å². The molecule has 1 aliphatic heterocycles. The number of pyridine rings is 1. The lowest BCUT2D eigenvalue weighted by Gasteiger charge is -2.26. The minimum Gasteiger partial charge on any atom is -0.344 e. The first kappa shape index (κ1) is 18.9. The van der Waals surface area contributed by atoms with Gasteiger partial charge in [-0.15, -0.1) is 0 Å². The molecule has 1 atom stereocenters. The number of likely N-dealkylation sites (N-methyl/N-ethyl adjacent to an activating group) is 2. The van der Waals surface area contributed by atoms with Crippen molar-refractivity contribution in [1.82, 2.24) is 24.8 Å². The predicted molar refractivity (Wildman–Crippen MR) is 101 cm³/mol. The van der Waals surface area contributed by atoms with Crippen molar-refractivity contribution in [1.29, 1.82) is 0 Å². The molecule has 3 rings (SSSR count). The molecule has 0 fully saturated rings. The summed E-state index contributed by atoms with van der Waals surface area (Å²) in [7, 11) is 5.70. The van der Waals surface area contributed by atoms with Crippen molar-refractivity contribution < 1.29 is 9.59 Å². The number of carbonyl (C=O) groups excluding carboxylic acids is 2. The average molecular weight is 368 g/mol. The predicted octanol–water partition coefficient (Wildman–Crippen LogP) is 1.29. The first-order valence-electron chi connectivity index (χ1n) is 8.84. The highest BCUT2D eigenvalue weighted by Gasteiger charge is 2.42. The van der Waals surface area contributed by atoms with Gasteiger partial charge in [-0.1, -0.05) is 6.07 Å². The van der Waals surface area contributed by atoms with Crippen LogP contribution < -0.4 is 4.90 Å². The Labute approximate surface area is 158 Å². The molecule has 0 bridgehead atoms. The van der Waals surface area contributed by atoms with Crippen LogP contribution in [0.25, 0.3) is 0 Å². The summed E-state index contributed by atoms with van der Waals surface area (Å²) in [5.74, 6) is 0.174. The Morgan fingerprint density at radius 1 is 1.11 bits per heavy atom. The number of rotatable bonds is 6. The van der Waals surface area contributed by atoms with Crippen LogP contribution in [-0.4, -0.2) is 70.8 Å². The highest BCUT2D eigenvalue weighted by Crippen LogP contribution is 2.36. The quantitative estimate of drug-likeness (QED) is 0.764. The van der Waals surface area contributed by atoms with Gasteiger partial charge in [-0.05, 0) is 32.6 Å². The van der Waals surface area contributed by atoms with Crippen molar-refractivity contribution >= 4 is 17.6 Å². The SMILES string of the molecule is Cc1ccc(N2C(=O)c3nccnc3[C@H]2CC(=O)N(C)CCN(C)C)nc1. The number of amides is 2. The molecule has 0 saturated heterocycles. The van der Waals surface area contributed by atoms with Gasteiger partial charge in [0.15, 0.2) is 5.69 Å². The van der Waals surface area contributed by atoms with Gasteiger partial charge in [0.05, 0.1) is 18.2 Å². The van der Waals surface area contributed by atoms with Crippen molar-refractivity contribution in [2.24, 2.45) is 0 Å². The Morgan fingerprint density at radius 2 is 1.85 bits per heavy atom. The van der Waals surface area contributed by atoms with E-state index >= 15 is 0 Å². The fourth-order valence-corrected chi connectivity index (χ4v) is 2.99. The maximum Gasteiger partial charge on any atom is 0.280 e. The van der Waals surface area contributed by atoms with E-state index in [9.17, 15) is 9.59 Å². The van der Waals surface area contributed by atoms with E-state index < -0.39 is 6.04 Å². The Morgan fingerprint density at radius 3 is 2.52 bits per heavy atom. The molecular weight excluding hydrogens is 344 g/mol. The van der Waals surface area contributed by atoms with Crippen LogP contribution in [0, 0.1) is 6.92 Å². The highest BCUT2D eigenvalue weighted by molar-refractivity contribution is 6.09. The fourth-order valence-electron chi connectivity index (χ4n) is 2.99. The van der Waals surface area contributed by atoms with Gasteiger partial charge in [-0.3, -0.25) is 19.5 Å². The molecule has 0 radical (unpaired) electrons. The normalized spacial score (nSPS) is 16.0. The third kappa shape index (κ3) is 3.95. The molecule has 2 aromatic rings. The zero-order valence-electron chi connectivity index (χ0n) is 16.1. The monoisotopic (exact) mass is 368 g/mol. The fraction of sp³-hybridized carbons (Fsp3) is 0.421. The Kier molecular flexibility index (Phi) is 5.46. The van der Waals surface area contributed by atoms with E-state index in [1.54, 1.807) is 30.4 Å². The first-order chi connectivity index (χ1) is 12.9. The summed E-state index contributed by atoms with van der Waals surface area (Å²) >= 11 is 0. The largest absolute Gasteiger partial charge is 0.344 e. The molecule has 3 heterocycles. The van der Waals surface area contributed by atoms with E-state index in [0.29, 0.717) is 18.1 Å². The zero-order valence-corrected chi connectivity index (χ0v) is 16.1. The molecule has 1 aliphatic rings. The van der Waals surface area contributed by atoms with Gasteiger partial charge >= 0.3 is 0 Å². The van der Waals surface area contributed by atoms with Gasteiger partial charge in [0.1, 0.15) is 5.82 Å². The Balaban J connectivity index is 1.88. The van der Waals surface area contributed by atoms with Crippen molar-refractivity contribution in [3.63, 3.8) is 0 Å². The molecule has 0 unspecified atom stereocenters. The summed E-state index contributed by atoms with van der Waals surface area (Å²) in [6.45, 7) is 3.31. The van der Waals surface area contributed by atoms with Gasteiger partial charge in [-0.2, -0.15) is 0 Å². The number of hydrogen-bond donors (Lipinski definition) is 0. The lowest BCUT2D eigenvalue weighted by atomic mass is 10.1. The number of aryl methyl sites for hydroxylation is 1. The Bertz CT molecular complexity index is 836. The number of anilines is 1. The second-order valence-electron chi connectivity index (χ2n) is 7.00. The molecule has 2 aromatic heterocycles. The van der Waals surface area contributed by atoms with Gasteiger partial charge < -0.3 is 9.80 Å². The van der Waals surface area contributed by atoms with Crippen LogP contribution in [0.4, 0.5) is 5.82 Å². The Hall–Kier alpha value is -2.87. The molecule has 0 N–H and O–H groups in total. The minimum absolute atomic E-state index is 0.0507. The average Bonchev–Trinajstić information content (AvgIpc) is 2.93.